The number of nitrogens with one attached hydrogen (secondary N) is 2. The molecule has 0 amide bonds. The van der Waals surface area contributed by atoms with E-state index in [2.05, 4.69) is 15.6 Å². The van der Waals surface area contributed by atoms with Crippen LogP contribution < -0.4 is 10.6 Å². The zero-order chi connectivity index (χ0) is 11.7. The first-order valence-electron chi connectivity index (χ1n) is 6.13. The van der Waals surface area contributed by atoms with Crippen LogP contribution in [0.3, 0.4) is 0 Å². The summed E-state index contributed by atoms with van der Waals surface area (Å²) in [6.07, 6.45) is 2.21. The number of benzene rings is 1. The number of nitrogens with zero attached hydrogens (tertiary/aromatic N) is 1. The molecule has 98 valence electrons. The van der Waals surface area contributed by atoms with Gasteiger partial charge in [0.05, 0.1) is 0 Å². The molecule has 1 heterocycles. The molecule has 18 heavy (non-hydrogen) atoms. The molecule has 3 nitrogen and oxygen atoms in total. The van der Waals surface area contributed by atoms with Crippen LogP contribution in [0.5, 0.6) is 0 Å². The van der Waals surface area contributed by atoms with Crippen LogP contribution >= 0.6 is 24.0 Å². The molecule has 2 N–H and O–H groups in total. The maximum Gasteiger partial charge on any atom is 0.191 e. The second-order valence-corrected chi connectivity index (χ2v) is 4.66. The average molecular weight is 361 g/mol. The van der Waals surface area contributed by atoms with Gasteiger partial charge in [0.2, 0.25) is 0 Å². The van der Waals surface area contributed by atoms with Crippen molar-refractivity contribution in [2.45, 2.75) is 24.8 Å². The van der Waals surface area contributed by atoms with Crippen molar-refractivity contribution >= 4 is 29.9 Å². The zero-order valence-corrected chi connectivity index (χ0v) is 12.4. The van der Waals surface area contributed by atoms with Gasteiger partial charge in [-0.1, -0.05) is 12.1 Å². The van der Waals surface area contributed by atoms with Gasteiger partial charge in [0, 0.05) is 25.0 Å². The van der Waals surface area contributed by atoms with Crippen molar-refractivity contribution in [3.8, 4) is 0 Å². The van der Waals surface area contributed by atoms with Crippen molar-refractivity contribution in [1.29, 1.82) is 0 Å². The van der Waals surface area contributed by atoms with Crippen molar-refractivity contribution in [3.05, 3.63) is 35.6 Å². The van der Waals surface area contributed by atoms with E-state index >= 15 is 0 Å². The number of hydrogen-bond acceptors (Lipinski definition) is 3. The van der Waals surface area contributed by atoms with Crippen molar-refractivity contribution in [2.24, 2.45) is 4.99 Å². The Morgan fingerprint density at radius 2 is 2.06 bits per heavy atom. The van der Waals surface area contributed by atoms with E-state index in [0.717, 1.165) is 31.9 Å². The third-order valence-electron chi connectivity index (χ3n) is 3.31. The Bertz CT molecular complexity index is 432. The minimum Gasteiger partial charge on any atom is -0.356 e. The lowest BCUT2D eigenvalue weighted by Crippen LogP contribution is -2.42. The monoisotopic (exact) mass is 361 g/mol. The van der Waals surface area contributed by atoms with Gasteiger partial charge >= 0.3 is 0 Å². The molecule has 1 aromatic rings. The molecule has 0 bridgehead atoms. The summed E-state index contributed by atoms with van der Waals surface area (Å²) in [5.41, 5.74) is 1.21. The van der Waals surface area contributed by atoms with Crippen molar-refractivity contribution < 1.29 is 4.39 Å². The molecule has 1 aliphatic heterocycles. The highest BCUT2D eigenvalue weighted by atomic mass is 127. The first kappa shape index (κ1) is 13.6. The summed E-state index contributed by atoms with van der Waals surface area (Å²) in [5.74, 6) is 1.25. The van der Waals surface area contributed by atoms with Crippen LogP contribution in [0.25, 0.3) is 0 Å². The summed E-state index contributed by atoms with van der Waals surface area (Å²) in [7, 11) is 0. The Morgan fingerprint density at radius 1 is 1.28 bits per heavy atom. The van der Waals surface area contributed by atoms with Gasteiger partial charge in [-0.25, -0.2) is 4.39 Å². The van der Waals surface area contributed by atoms with Gasteiger partial charge in [-0.3, -0.25) is 4.99 Å². The zero-order valence-electron chi connectivity index (χ0n) is 10.0. The number of hydrogen-bond donors (Lipinski definition) is 2. The SMILES string of the molecule is Fc1ccc([C@@H]2C[C@H]2NC2=NCCCN2)cc1.I. The predicted molar refractivity (Wildman–Crippen MR) is 81.0 cm³/mol. The Balaban J connectivity index is 0.00000120. The van der Waals surface area contributed by atoms with E-state index in [1.165, 1.54) is 17.7 Å². The van der Waals surface area contributed by atoms with E-state index in [0.29, 0.717) is 12.0 Å². The van der Waals surface area contributed by atoms with Crippen molar-refractivity contribution in [2.75, 3.05) is 13.1 Å². The molecule has 0 aromatic heterocycles. The molecule has 5 heteroatoms. The molecule has 1 aliphatic carbocycles. The van der Waals surface area contributed by atoms with Gasteiger partial charge in [0.1, 0.15) is 5.82 Å². The Morgan fingerprint density at radius 3 is 2.72 bits per heavy atom. The summed E-state index contributed by atoms with van der Waals surface area (Å²) in [5, 5.41) is 6.65. The molecule has 2 aliphatic rings. The molecule has 1 fully saturated rings. The summed E-state index contributed by atoms with van der Waals surface area (Å²) in [6.45, 7) is 1.91. The number of guanidine groups is 1. The smallest absolute Gasteiger partial charge is 0.191 e. The molecule has 1 aromatic carbocycles. The second kappa shape index (κ2) is 5.86. The lowest BCUT2D eigenvalue weighted by Gasteiger charge is -2.16. The van der Waals surface area contributed by atoms with Crippen LogP contribution in [0.2, 0.25) is 0 Å². The van der Waals surface area contributed by atoms with Gasteiger partial charge in [0.25, 0.3) is 0 Å². The lowest BCUT2D eigenvalue weighted by atomic mass is 10.1. The minimum absolute atomic E-state index is 0. The van der Waals surface area contributed by atoms with Crippen molar-refractivity contribution in [1.82, 2.24) is 10.6 Å². The Labute approximate surface area is 123 Å². The molecule has 0 spiro atoms. The van der Waals surface area contributed by atoms with Gasteiger partial charge in [0.15, 0.2) is 5.96 Å². The normalized spacial score (nSPS) is 25.5. The van der Waals surface area contributed by atoms with Gasteiger partial charge in [-0.05, 0) is 30.5 Å². The second-order valence-electron chi connectivity index (χ2n) is 4.66. The van der Waals surface area contributed by atoms with Crippen LogP contribution in [0.4, 0.5) is 4.39 Å². The number of aliphatic imine (C=N–C) groups is 1. The molecule has 0 saturated heterocycles. The maximum absolute atomic E-state index is 12.8. The largest absolute Gasteiger partial charge is 0.356 e. The minimum atomic E-state index is -0.169. The van der Waals surface area contributed by atoms with E-state index in [4.69, 9.17) is 0 Å². The maximum atomic E-state index is 12.8. The fourth-order valence-electron chi connectivity index (χ4n) is 2.24. The van der Waals surface area contributed by atoms with Crippen LogP contribution in [-0.2, 0) is 0 Å². The molecular formula is C13H17FIN3. The van der Waals surface area contributed by atoms with Crippen LogP contribution in [-0.4, -0.2) is 25.1 Å². The summed E-state index contributed by atoms with van der Waals surface area (Å²) < 4.78 is 12.8. The first-order valence-corrected chi connectivity index (χ1v) is 6.13. The molecule has 3 rings (SSSR count). The highest BCUT2D eigenvalue weighted by molar-refractivity contribution is 14.0. The summed E-state index contributed by atoms with van der Waals surface area (Å²) in [6, 6.07) is 7.25. The first-order chi connectivity index (χ1) is 8.33. The third-order valence-corrected chi connectivity index (χ3v) is 3.31. The fourth-order valence-corrected chi connectivity index (χ4v) is 2.24. The van der Waals surface area contributed by atoms with E-state index in [9.17, 15) is 4.39 Å². The Hall–Kier alpha value is -0.850. The molecular weight excluding hydrogens is 344 g/mol. The topological polar surface area (TPSA) is 36.4 Å². The molecule has 0 radical (unpaired) electrons. The van der Waals surface area contributed by atoms with E-state index < -0.39 is 0 Å². The van der Waals surface area contributed by atoms with Gasteiger partial charge < -0.3 is 10.6 Å². The van der Waals surface area contributed by atoms with Crippen LogP contribution in [0, 0.1) is 5.82 Å². The van der Waals surface area contributed by atoms with E-state index in [1.54, 1.807) is 0 Å². The van der Waals surface area contributed by atoms with E-state index in [1.807, 2.05) is 12.1 Å². The standard InChI is InChI=1S/C13H16FN3.HI/c14-10-4-2-9(3-5-10)11-8-12(11)17-13-15-6-1-7-16-13;/h2-5,11-12H,1,6-8H2,(H2,15,16,17);1H/t11-,12+;/m0./s1. The Kier molecular flexibility index (Phi) is 4.42. The van der Waals surface area contributed by atoms with Gasteiger partial charge in [-0.15, -0.1) is 24.0 Å². The number of halogens is 2. The average Bonchev–Trinajstić information content (AvgIpc) is 3.11. The summed E-state index contributed by atoms with van der Waals surface area (Å²) >= 11 is 0. The quantitative estimate of drug-likeness (QED) is 0.793. The fraction of sp³-hybridized carbons (Fsp3) is 0.462. The van der Waals surface area contributed by atoms with Crippen LogP contribution in [0.15, 0.2) is 29.3 Å². The molecule has 1 saturated carbocycles. The lowest BCUT2D eigenvalue weighted by molar-refractivity contribution is 0.627. The van der Waals surface area contributed by atoms with Gasteiger partial charge in [-0.2, -0.15) is 0 Å². The van der Waals surface area contributed by atoms with Crippen molar-refractivity contribution in [3.63, 3.8) is 0 Å². The highest BCUT2D eigenvalue weighted by Crippen LogP contribution is 2.40. The predicted octanol–water partition coefficient (Wildman–Crippen LogP) is 2.24. The molecule has 2 atom stereocenters. The summed E-state index contributed by atoms with van der Waals surface area (Å²) in [4.78, 5) is 4.39. The number of rotatable bonds is 2. The molecule has 0 unspecified atom stereocenters. The van der Waals surface area contributed by atoms with Crippen LogP contribution in [0.1, 0.15) is 24.3 Å². The third kappa shape index (κ3) is 3.13. The van der Waals surface area contributed by atoms with E-state index in [-0.39, 0.29) is 29.8 Å². The highest BCUT2D eigenvalue weighted by Gasteiger charge is 2.39.